The molecule has 0 spiro atoms. The lowest BCUT2D eigenvalue weighted by atomic mass is 10.00. The third-order valence-corrected chi connectivity index (χ3v) is 7.18. The number of ketones is 1. The summed E-state index contributed by atoms with van der Waals surface area (Å²) in [4.78, 5) is 20.7. The molecular weight excluding hydrogens is 372 g/mol. The van der Waals surface area contributed by atoms with Crippen LogP contribution in [0.15, 0.2) is 41.8 Å². The fraction of sp³-hybridized carbons (Fsp3) is 0.182. The number of hydrogen-bond acceptors (Lipinski definition) is 5. The van der Waals surface area contributed by atoms with Crippen molar-refractivity contribution in [2.75, 3.05) is 5.73 Å². The number of nitrogens with zero attached hydrogens (tertiary/aromatic N) is 1. The molecule has 0 unspecified atom stereocenters. The predicted molar refractivity (Wildman–Crippen MR) is 114 cm³/mol. The van der Waals surface area contributed by atoms with Crippen molar-refractivity contribution in [2.24, 2.45) is 0 Å². The van der Waals surface area contributed by atoms with E-state index in [1.165, 1.54) is 33.0 Å². The van der Waals surface area contributed by atoms with Gasteiger partial charge in [0.2, 0.25) is 5.78 Å². The third-order valence-electron chi connectivity index (χ3n) is 5.19. The molecule has 3 aromatic heterocycles. The molecule has 1 aliphatic rings. The number of rotatable bonds is 3. The maximum absolute atomic E-state index is 13.1. The molecule has 134 valence electrons. The second-order valence-corrected chi connectivity index (χ2v) is 8.91. The number of anilines is 1. The second kappa shape index (κ2) is 6.29. The maximum Gasteiger partial charge on any atom is 0.205 e. The zero-order chi connectivity index (χ0) is 18.5. The van der Waals surface area contributed by atoms with E-state index in [1.54, 1.807) is 11.3 Å². The molecule has 27 heavy (non-hydrogen) atoms. The summed E-state index contributed by atoms with van der Waals surface area (Å²) in [6.07, 6.45) is 3.16. The van der Waals surface area contributed by atoms with Gasteiger partial charge in [-0.25, -0.2) is 4.98 Å². The van der Waals surface area contributed by atoms with Crippen LogP contribution in [0.1, 0.15) is 38.5 Å². The van der Waals surface area contributed by atoms with Crippen molar-refractivity contribution < 1.29 is 4.79 Å². The molecule has 0 atom stereocenters. The van der Waals surface area contributed by atoms with Crippen molar-refractivity contribution in [3.05, 3.63) is 69.0 Å². The molecule has 0 amide bonds. The summed E-state index contributed by atoms with van der Waals surface area (Å²) < 4.78 is 0. The highest BCUT2D eigenvalue weighted by Gasteiger charge is 2.27. The standard InChI is InChI=1S/C22H18N2OS2/c1-12-7-9-13(10-8-12)20(25)21-19(23)18-17(16-6-3-11-26-16)14-4-2-5-15(14)24-22(18)27-21/h3,6-11H,2,4-5,23H2,1H3. The SMILES string of the molecule is Cc1ccc(C(=O)c2sc3nc4c(c(-c5cccs5)c3c2N)CCC4)cc1. The smallest absolute Gasteiger partial charge is 0.205 e. The molecular formula is C22H18N2OS2. The predicted octanol–water partition coefficient (Wildman–Crippen LogP) is 5.64. The van der Waals surface area contributed by atoms with E-state index in [4.69, 9.17) is 10.7 Å². The molecule has 5 rings (SSSR count). The van der Waals surface area contributed by atoms with E-state index < -0.39 is 0 Å². The molecule has 0 radical (unpaired) electrons. The monoisotopic (exact) mass is 390 g/mol. The average molecular weight is 391 g/mol. The number of carbonyl (C=O) groups is 1. The van der Waals surface area contributed by atoms with E-state index >= 15 is 0 Å². The van der Waals surface area contributed by atoms with Crippen LogP contribution < -0.4 is 5.73 Å². The third kappa shape index (κ3) is 2.61. The molecule has 0 saturated heterocycles. The summed E-state index contributed by atoms with van der Waals surface area (Å²) in [6.45, 7) is 2.01. The Bertz CT molecular complexity index is 1170. The molecule has 1 aromatic carbocycles. The van der Waals surface area contributed by atoms with Crippen LogP contribution >= 0.6 is 22.7 Å². The highest BCUT2D eigenvalue weighted by molar-refractivity contribution is 7.21. The fourth-order valence-electron chi connectivity index (χ4n) is 3.84. The van der Waals surface area contributed by atoms with Crippen LogP contribution in [0.25, 0.3) is 20.7 Å². The lowest BCUT2D eigenvalue weighted by Gasteiger charge is -2.09. The molecule has 4 aromatic rings. The summed E-state index contributed by atoms with van der Waals surface area (Å²) in [5.41, 5.74) is 12.6. The van der Waals surface area contributed by atoms with E-state index in [0.717, 1.165) is 35.0 Å². The molecule has 0 bridgehead atoms. The molecule has 3 heterocycles. The molecule has 5 heteroatoms. The molecule has 0 saturated carbocycles. The number of benzene rings is 1. The van der Waals surface area contributed by atoms with Gasteiger partial charge in [-0.15, -0.1) is 22.7 Å². The van der Waals surface area contributed by atoms with Crippen LogP contribution in [0.2, 0.25) is 0 Å². The highest BCUT2D eigenvalue weighted by atomic mass is 32.1. The summed E-state index contributed by atoms with van der Waals surface area (Å²) in [6, 6.07) is 11.9. The number of fused-ring (bicyclic) bond motifs is 2. The minimum Gasteiger partial charge on any atom is -0.397 e. The number of carbonyl (C=O) groups excluding carboxylic acids is 1. The molecule has 0 fully saturated rings. The van der Waals surface area contributed by atoms with Crippen molar-refractivity contribution in [3.8, 4) is 10.4 Å². The Balaban J connectivity index is 1.75. The topological polar surface area (TPSA) is 56.0 Å². The van der Waals surface area contributed by atoms with Crippen molar-refractivity contribution in [1.82, 2.24) is 4.98 Å². The van der Waals surface area contributed by atoms with Crippen LogP contribution in [0.5, 0.6) is 0 Å². The number of aromatic nitrogens is 1. The normalized spacial score (nSPS) is 13.2. The Morgan fingerprint density at radius 1 is 1.15 bits per heavy atom. The van der Waals surface area contributed by atoms with Crippen LogP contribution in [0, 0.1) is 6.92 Å². The molecule has 3 nitrogen and oxygen atoms in total. The van der Waals surface area contributed by atoms with Gasteiger partial charge in [-0.3, -0.25) is 4.79 Å². The largest absolute Gasteiger partial charge is 0.397 e. The van der Waals surface area contributed by atoms with Crippen LogP contribution in [-0.2, 0) is 12.8 Å². The number of nitrogen functional groups attached to an aromatic ring is 1. The van der Waals surface area contributed by atoms with Crippen molar-refractivity contribution in [3.63, 3.8) is 0 Å². The zero-order valence-corrected chi connectivity index (χ0v) is 16.5. The lowest BCUT2D eigenvalue weighted by Crippen LogP contribution is -2.02. The average Bonchev–Trinajstić information content (AvgIpc) is 3.41. The second-order valence-electron chi connectivity index (χ2n) is 6.96. The molecule has 2 N–H and O–H groups in total. The van der Waals surface area contributed by atoms with E-state index in [0.29, 0.717) is 16.1 Å². The van der Waals surface area contributed by atoms with Crippen LogP contribution in [0.3, 0.4) is 0 Å². The number of nitrogens with two attached hydrogens (primary N) is 1. The van der Waals surface area contributed by atoms with Crippen LogP contribution in [-0.4, -0.2) is 10.8 Å². The van der Waals surface area contributed by atoms with Gasteiger partial charge in [-0.2, -0.15) is 0 Å². The Labute approximate surface area is 165 Å². The molecule has 1 aliphatic carbocycles. The van der Waals surface area contributed by atoms with E-state index in [9.17, 15) is 4.79 Å². The molecule has 0 aliphatic heterocycles. The van der Waals surface area contributed by atoms with Gasteiger partial charge < -0.3 is 5.73 Å². The first-order valence-corrected chi connectivity index (χ1v) is 10.7. The van der Waals surface area contributed by atoms with Gasteiger partial charge in [0, 0.05) is 27.1 Å². The Morgan fingerprint density at radius 3 is 2.70 bits per heavy atom. The first-order valence-electron chi connectivity index (χ1n) is 9.02. The van der Waals surface area contributed by atoms with Gasteiger partial charge in [0.15, 0.2) is 0 Å². The first kappa shape index (κ1) is 16.7. The van der Waals surface area contributed by atoms with E-state index in [1.807, 2.05) is 31.2 Å². The summed E-state index contributed by atoms with van der Waals surface area (Å²) in [7, 11) is 0. The minimum atomic E-state index is -0.0206. The number of thiophene rings is 2. The van der Waals surface area contributed by atoms with Crippen molar-refractivity contribution in [2.45, 2.75) is 26.2 Å². The van der Waals surface area contributed by atoms with Gasteiger partial charge in [-0.05, 0) is 43.2 Å². The Kier molecular flexibility index (Phi) is 3.88. The summed E-state index contributed by atoms with van der Waals surface area (Å²) >= 11 is 3.15. The zero-order valence-electron chi connectivity index (χ0n) is 14.9. The van der Waals surface area contributed by atoms with Crippen molar-refractivity contribution >= 4 is 44.4 Å². The van der Waals surface area contributed by atoms with Gasteiger partial charge in [0.25, 0.3) is 0 Å². The van der Waals surface area contributed by atoms with Gasteiger partial charge in [-0.1, -0.05) is 35.9 Å². The highest BCUT2D eigenvalue weighted by Crippen LogP contribution is 2.45. The van der Waals surface area contributed by atoms with Gasteiger partial charge in [0.1, 0.15) is 9.71 Å². The summed E-state index contributed by atoms with van der Waals surface area (Å²) in [5.74, 6) is -0.0206. The van der Waals surface area contributed by atoms with Gasteiger partial charge >= 0.3 is 0 Å². The summed E-state index contributed by atoms with van der Waals surface area (Å²) in [5, 5.41) is 3.04. The van der Waals surface area contributed by atoms with E-state index in [2.05, 4.69) is 17.5 Å². The quantitative estimate of drug-likeness (QED) is 0.461. The Hall–Kier alpha value is -2.50. The number of hydrogen-bond donors (Lipinski definition) is 1. The van der Waals surface area contributed by atoms with E-state index in [-0.39, 0.29) is 5.78 Å². The van der Waals surface area contributed by atoms with Gasteiger partial charge in [0.05, 0.1) is 5.69 Å². The van der Waals surface area contributed by atoms with Crippen molar-refractivity contribution in [1.29, 1.82) is 0 Å². The van der Waals surface area contributed by atoms with Crippen LogP contribution in [0.4, 0.5) is 5.69 Å². The lowest BCUT2D eigenvalue weighted by molar-refractivity contribution is 0.104. The first-order chi connectivity index (χ1) is 13.1. The minimum absolute atomic E-state index is 0.0206. The maximum atomic E-state index is 13.1. The number of aryl methyl sites for hydroxylation is 2. The fourth-order valence-corrected chi connectivity index (χ4v) is 5.73. The Morgan fingerprint density at radius 2 is 1.96 bits per heavy atom. The number of pyridine rings is 1.